The predicted octanol–water partition coefficient (Wildman–Crippen LogP) is 3.88. The van der Waals surface area contributed by atoms with Crippen molar-refractivity contribution < 1.29 is 9.21 Å². The summed E-state index contributed by atoms with van der Waals surface area (Å²) in [7, 11) is 0. The van der Waals surface area contributed by atoms with E-state index in [-0.39, 0.29) is 11.9 Å². The van der Waals surface area contributed by atoms with E-state index in [1.54, 1.807) is 0 Å². The van der Waals surface area contributed by atoms with Gasteiger partial charge in [0.1, 0.15) is 11.6 Å². The fourth-order valence-corrected chi connectivity index (χ4v) is 4.78. The van der Waals surface area contributed by atoms with Gasteiger partial charge >= 0.3 is 0 Å². The molecule has 2 saturated heterocycles. The number of likely N-dealkylation sites (tertiary alicyclic amines) is 1. The summed E-state index contributed by atoms with van der Waals surface area (Å²) in [6.07, 6.45) is 3.06. The van der Waals surface area contributed by atoms with Crippen LogP contribution in [0.5, 0.6) is 0 Å². The van der Waals surface area contributed by atoms with E-state index in [2.05, 4.69) is 11.1 Å². The number of aromatic nitrogens is 1. The first kappa shape index (κ1) is 18.7. The van der Waals surface area contributed by atoms with Crippen LogP contribution >= 0.6 is 0 Å². The topological polar surface area (TPSA) is 73.4 Å². The molecule has 2 fully saturated rings. The molecule has 0 bridgehead atoms. The van der Waals surface area contributed by atoms with Gasteiger partial charge in [-0.2, -0.15) is 10.2 Å². The lowest BCUT2D eigenvalue weighted by molar-refractivity contribution is -0.133. The van der Waals surface area contributed by atoms with Crippen LogP contribution in [0.1, 0.15) is 31.2 Å². The maximum atomic E-state index is 13.4. The average molecular weight is 400 g/mol. The monoisotopic (exact) mass is 400 g/mol. The first-order valence-electron chi connectivity index (χ1n) is 10.6. The zero-order valence-corrected chi connectivity index (χ0v) is 16.8. The number of para-hydroxylation sites is 2. The predicted molar refractivity (Wildman–Crippen MR) is 114 cm³/mol. The van der Waals surface area contributed by atoms with Crippen molar-refractivity contribution >= 4 is 23.0 Å². The molecule has 2 aliphatic rings. The quantitative estimate of drug-likeness (QED) is 0.667. The van der Waals surface area contributed by atoms with Crippen molar-refractivity contribution in [2.24, 2.45) is 0 Å². The van der Waals surface area contributed by atoms with Crippen LogP contribution in [0.2, 0.25) is 0 Å². The molecule has 0 unspecified atom stereocenters. The molecule has 0 radical (unpaired) electrons. The molecule has 5 rings (SSSR count). The van der Waals surface area contributed by atoms with Gasteiger partial charge in [-0.05, 0) is 43.4 Å². The van der Waals surface area contributed by atoms with Crippen LogP contribution in [-0.4, -0.2) is 41.5 Å². The largest absolute Gasteiger partial charge is 0.423 e. The molecule has 0 spiro atoms. The number of carbonyl (C=O) groups excluding carboxylic acids is 1. The Morgan fingerprint density at radius 3 is 2.53 bits per heavy atom. The number of hydrogen-bond donors (Lipinski definition) is 0. The van der Waals surface area contributed by atoms with Crippen molar-refractivity contribution in [3.8, 4) is 6.07 Å². The fourth-order valence-electron chi connectivity index (χ4n) is 4.78. The summed E-state index contributed by atoms with van der Waals surface area (Å²) in [5, 5.41) is 9.91. The molecule has 0 saturated carbocycles. The minimum atomic E-state index is -0.506. The smallest absolute Gasteiger partial charge is 0.299 e. The van der Waals surface area contributed by atoms with Gasteiger partial charge in [0, 0.05) is 19.6 Å². The third-order valence-electron chi connectivity index (χ3n) is 6.54. The van der Waals surface area contributed by atoms with Crippen LogP contribution in [0.3, 0.4) is 0 Å². The Hall–Kier alpha value is -3.33. The maximum Gasteiger partial charge on any atom is 0.299 e. The van der Waals surface area contributed by atoms with Gasteiger partial charge in [0.2, 0.25) is 5.91 Å². The normalized spacial score (nSPS) is 21.0. The molecular weight excluding hydrogens is 376 g/mol. The standard InChI is InChI=1S/C24H24N4O2/c25-17-24(18-7-2-1-3-8-18)12-15-27(16-13-24)22(29)20-10-6-14-28(20)23-26-19-9-4-5-11-21(19)30-23/h1-5,7-9,11,20H,6,10,12-16H2/t20-/m1/s1. The molecule has 3 heterocycles. The van der Waals surface area contributed by atoms with Crippen LogP contribution < -0.4 is 4.90 Å². The number of nitrogens with zero attached hydrogens (tertiary/aromatic N) is 4. The molecule has 1 aromatic heterocycles. The molecule has 3 aromatic rings. The SMILES string of the molecule is N#CC1(c2ccccc2)CCN(C(=O)[C@H]2CCCN2c2nc3ccccc3o2)CC1. The number of benzene rings is 2. The molecular formula is C24H24N4O2. The number of nitriles is 1. The molecule has 6 nitrogen and oxygen atoms in total. The minimum Gasteiger partial charge on any atom is -0.423 e. The minimum absolute atomic E-state index is 0.120. The van der Waals surface area contributed by atoms with Gasteiger partial charge in [0.25, 0.3) is 6.01 Å². The number of rotatable bonds is 3. The second-order valence-corrected chi connectivity index (χ2v) is 8.20. The van der Waals surface area contributed by atoms with E-state index in [1.165, 1.54) is 0 Å². The van der Waals surface area contributed by atoms with Gasteiger partial charge < -0.3 is 14.2 Å². The number of amides is 1. The van der Waals surface area contributed by atoms with E-state index in [9.17, 15) is 10.1 Å². The molecule has 0 N–H and O–H groups in total. The second-order valence-electron chi connectivity index (χ2n) is 8.20. The van der Waals surface area contributed by atoms with Crippen molar-refractivity contribution in [2.45, 2.75) is 37.1 Å². The van der Waals surface area contributed by atoms with Gasteiger partial charge in [-0.3, -0.25) is 4.79 Å². The number of anilines is 1. The van der Waals surface area contributed by atoms with Crippen LogP contribution in [0.15, 0.2) is 59.0 Å². The lowest BCUT2D eigenvalue weighted by Crippen LogP contribution is -2.51. The number of fused-ring (bicyclic) bond motifs is 1. The third-order valence-corrected chi connectivity index (χ3v) is 6.54. The van der Waals surface area contributed by atoms with Crippen LogP contribution in [0, 0.1) is 11.3 Å². The highest BCUT2D eigenvalue weighted by atomic mass is 16.4. The molecule has 2 aliphatic heterocycles. The van der Waals surface area contributed by atoms with Crippen molar-refractivity contribution in [1.29, 1.82) is 5.26 Å². The van der Waals surface area contributed by atoms with Gasteiger partial charge in [0.05, 0.1) is 11.5 Å². The van der Waals surface area contributed by atoms with Crippen molar-refractivity contribution in [1.82, 2.24) is 9.88 Å². The van der Waals surface area contributed by atoms with Crippen LogP contribution in [0.4, 0.5) is 6.01 Å². The fraction of sp³-hybridized carbons (Fsp3) is 0.375. The van der Waals surface area contributed by atoms with Gasteiger partial charge in [-0.15, -0.1) is 0 Å². The molecule has 1 atom stereocenters. The Labute approximate surface area is 175 Å². The summed E-state index contributed by atoms with van der Waals surface area (Å²) in [5.41, 5.74) is 2.09. The Morgan fingerprint density at radius 1 is 1.07 bits per heavy atom. The van der Waals surface area contributed by atoms with E-state index < -0.39 is 5.41 Å². The lowest BCUT2D eigenvalue weighted by atomic mass is 9.74. The highest BCUT2D eigenvalue weighted by molar-refractivity contribution is 5.86. The average Bonchev–Trinajstić information content (AvgIpc) is 3.46. The molecule has 2 aromatic carbocycles. The van der Waals surface area contributed by atoms with E-state index in [4.69, 9.17) is 4.42 Å². The summed E-state index contributed by atoms with van der Waals surface area (Å²) in [4.78, 5) is 21.9. The van der Waals surface area contributed by atoms with Crippen molar-refractivity contribution in [2.75, 3.05) is 24.5 Å². The zero-order chi connectivity index (χ0) is 20.6. The summed E-state index contributed by atoms with van der Waals surface area (Å²) in [6, 6.07) is 20.5. The molecule has 1 amide bonds. The summed E-state index contributed by atoms with van der Waals surface area (Å²) >= 11 is 0. The lowest BCUT2D eigenvalue weighted by Gasteiger charge is -2.39. The number of hydrogen-bond acceptors (Lipinski definition) is 5. The van der Waals surface area contributed by atoms with Gasteiger partial charge in [0.15, 0.2) is 5.58 Å². The molecule has 152 valence electrons. The highest BCUT2D eigenvalue weighted by Crippen LogP contribution is 2.36. The Bertz CT molecular complexity index is 1060. The van der Waals surface area contributed by atoms with Gasteiger partial charge in [-0.1, -0.05) is 42.5 Å². The zero-order valence-electron chi connectivity index (χ0n) is 16.8. The van der Waals surface area contributed by atoms with E-state index in [0.717, 1.165) is 36.0 Å². The Balaban J connectivity index is 1.32. The summed E-state index contributed by atoms with van der Waals surface area (Å²) in [5.74, 6) is 0.120. The van der Waals surface area contributed by atoms with Crippen molar-refractivity contribution in [3.05, 3.63) is 60.2 Å². The molecule has 30 heavy (non-hydrogen) atoms. The maximum absolute atomic E-state index is 13.4. The summed E-state index contributed by atoms with van der Waals surface area (Å²) in [6.45, 7) is 1.96. The number of carbonyl (C=O) groups is 1. The first-order valence-corrected chi connectivity index (χ1v) is 10.6. The van der Waals surface area contributed by atoms with E-state index in [0.29, 0.717) is 31.9 Å². The van der Waals surface area contributed by atoms with Crippen LogP contribution in [0.25, 0.3) is 11.1 Å². The van der Waals surface area contributed by atoms with Crippen LogP contribution in [-0.2, 0) is 10.2 Å². The summed E-state index contributed by atoms with van der Waals surface area (Å²) < 4.78 is 5.93. The van der Waals surface area contributed by atoms with E-state index >= 15 is 0 Å². The highest BCUT2D eigenvalue weighted by Gasteiger charge is 2.41. The van der Waals surface area contributed by atoms with Crippen molar-refractivity contribution in [3.63, 3.8) is 0 Å². The first-order chi connectivity index (χ1) is 14.7. The Morgan fingerprint density at radius 2 is 1.80 bits per heavy atom. The number of piperidine rings is 1. The third kappa shape index (κ3) is 3.11. The number of oxazole rings is 1. The second kappa shape index (κ2) is 7.49. The van der Waals surface area contributed by atoms with E-state index in [1.807, 2.05) is 64.4 Å². The van der Waals surface area contributed by atoms with Gasteiger partial charge in [-0.25, -0.2) is 0 Å². The molecule has 0 aliphatic carbocycles. The Kier molecular flexibility index (Phi) is 4.66. The molecule has 6 heteroatoms.